The van der Waals surface area contributed by atoms with Gasteiger partial charge in [-0.2, -0.15) is 0 Å². The minimum Gasteiger partial charge on any atom is -0.481 e. The molecular formula is C33H56O14. The highest BCUT2D eigenvalue weighted by Gasteiger charge is 2.50. The summed E-state index contributed by atoms with van der Waals surface area (Å²) in [6.07, 6.45) is -1.48. The first-order valence-corrected chi connectivity index (χ1v) is 17.1. The zero-order chi connectivity index (χ0) is 34.7. The number of cyclic esters (lactones) is 1. The monoisotopic (exact) mass is 676 g/mol. The Morgan fingerprint density at radius 1 is 0.787 bits per heavy atom. The van der Waals surface area contributed by atoms with Crippen LogP contribution in [0.1, 0.15) is 97.3 Å². The van der Waals surface area contributed by atoms with Gasteiger partial charge in [-0.25, -0.2) is 4.79 Å². The molecule has 0 bridgehead atoms. The standard InChI is InChI=1S/C33H56O14/c1-18(15-13-11-9-7-5-4-6-8-10-12-14-16-21-23(30(40)41)19(2)31(42)45-21)43-32-28(39)26(37)29(22(17-34)46-32)47-33-27(38)25(36)24(35)20(3)44-33/h18,20-29,32-39H,2,4-17H2,1,3H3,(H,40,41). The van der Waals surface area contributed by atoms with Gasteiger partial charge in [0.15, 0.2) is 12.6 Å². The topological polar surface area (TPSA) is 222 Å². The van der Waals surface area contributed by atoms with E-state index in [1.54, 1.807) is 0 Å². The second-order valence-electron chi connectivity index (χ2n) is 13.2. The predicted octanol–water partition coefficient (Wildman–Crippen LogP) is 1.30. The summed E-state index contributed by atoms with van der Waals surface area (Å²) in [6.45, 7) is 6.31. The SMILES string of the molecule is C=C1C(=O)OC(CCCCCCCCCCCCCC(C)OC2OC(CO)C(OC3OC(C)C(O)C(O)C3O)C(O)C2O)C1C(=O)O. The van der Waals surface area contributed by atoms with E-state index in [0.29, 0.717) is 12.8 Å². The smallest absolute Gasteiger partial charge is 0.334 e. The van der Waals surface area contributed by atoms with Crippen LogP contribution in [0.5, 0.6) is 0 Å². The van der Waals surface area contributed by atoms with Crippen LogP contribution in [0.2, 0.25) is 0 Å². The molecule has 3 rings (SSSR count). The van der Waals surface area contributed by atoms with Gasteiger partial charge in [0.2, 0.25) is 0 Å². The van der Waals surface area contributed by atoms with E-state index in [1.807, 2.05) is 6.92 Å². The maximum absolute atomic E-state index is 11.6. The molecule has 0 radical (unpaired) electrons. The highest BCUT2D eigenvalue weighted by molar-refractivity contribution is 5.97. The molecule has 0 aromatic carbocycles. The van der Waals surface area contributed by atoms with Crippen molar-refractivity contribution in [3.63, 3.8) is 0 Å². The van der Waals surface area contributed by atoms with E-state index in [2.05, 4.69) is 6.58 Å². The number of hydrogen-bond acceptors (Lipinski definition) is 13. The van der Waals surface area contributed by atoms with Gasteiger partial charge < -0.3 is 59.4 Å². The molecule has 13 atom stereocenters. The number of hydrogen-bond donors (Lipinski definition) is 7. The fourth-order valence-corrected chi connectivity index (χ4v) is 6.45. The summed E-state index contributed by atoms with van der Waals surface area (Å²) in [5, 5.41) is 70.8. The number of carbonyl (C=O) groups excluding carboxylic acids is 1. The van der Waals surface area contributed by atoms with Gasteiger partial charge in [-0.05, 0) is 33.1 Å². The van der Waals surface area contributed by atoms with E-state index < -0.39 is 92.0 Å². The predicted molar refractivity (Wildman–Crippen MR) is 166 cm³/mol. The number of aliphatic carboxylic acids is 1. The zero-order valence-corrected chi connectivity index (χ0v) is 27.6. The summed E-state index contributed by atoms with van der Waals surface area (Å²) in [6, 6.07) is 0. The van der Waals surface area contributed by atoms with Crippen molar-refractivity contribution < 1.29 is 69.0 Å². The van der Waals surface area contributed by atoms with Crippen molar-refractivity contribution in [3.8, 4) is 0 Å². The average molecular weight is 677 g/mol. The Morgan fingerprint density at radius 2 is 1.34 bits per heavy atom. The molecule has 13 unspecified atom stereocenters. The van der Waals surface area contributed by atoms with Crippen molar-refractivity contribution in [2.45, 2.75) is 171 Å². The fraction of sp³-hybridized carbons (Fsp3) is 0.879. The third kappa shape index (κ3) is 11.1. The largest absolute Gasteiger partial charge is 0.481 e. The molecule has 3 fully saturated rings. The van der Waals surface area contributed by atoms with Crippen LogP contribution in [0.15, 0.2) is 12.2 Å². The molecule has 0 saturated carbocycles. The van der Waals surface area contributed by atoms with Crippen LogP contribution in [0.3, 0.4) is 0 Å². The lowest BCUT2D eigenvalue weighted by Gasteiger charge is -2.46. The lowest BCUT2D eigenvalue weighted by atomic mass is 9.93. The molecule has 47 heavy (non-hydrogen) atoms. The second kappa shape index (κ2) is 19.5. The van der Waals surface area contributed by atoms with Gasteiger partial charge in [0.25, 0.3) is 0 Å². The first-order valence-electron chi connectivity index (χ1n) is 17.1. The fourth-order valence-electron chi connectivity index (χ4n) is 6.45. The Kier molecular flexibility index (Phi) is 16.4. The molecule has 3 aliphatic heterocycles. The van der Waals surface area contributed by atoms with Gasteiger partial charge >= 0.3 is 11.9 Å². The molecular weight excluding hydrogens is 620 g/mol. The van der Waals surface area contributed by atoms with Gasteiger partial charge in [0.1, 0.15) is 54.7 Å². The van der Waals surface area contributed by atoms with Crippen molar-refractivity contribution in [2.24, 2.45) is 5.92 Å². The van der Waals surface area contributed by atoms with Gasteiger partial charge in [0.05, 0.1) is 18.8 Å². The summed E-state index contributed by atoms with van der Waals surface area (Å²) < 4.78 is 27.8. The Bertz CT molecular complexity index is 977. The van der Waals surface area contributed by atoms with Crippen molar-refractivity contribution >= 4 is 11.9 Å². The van der Waals surface area contributed by atoms with Crippen LogP contribution >= 0.6 is 0 Å². The van der Waals surface area contributed by atoms with Gasteiger partial charge in [-0.15, -0.1) is 0 Å². The van der Waals surface area contributed by atoms with Crippen LogP contribution in [-0.4, -0.2) is 128 Å². The highest BCUT2D eigenvalue weighted by Crippen LogP contribution is 2.32. The molecule has 3 saturated heterocycles. The van der Waals surface area contributed by atoms with Gasteiger partial charge in [0, 0.05) is 5.57 Å². The van der Waals surface area contributed by atoms with E-state index in [1.165, 1.54) is 6.92 Å². The quantitative estimate of drug-likeness (QED) is 0.0549. The van der Waals surface area contributed by atoms with Crippen molar-refractivity contribution in [1.82, 2.24) is 0 Å². The zero-order valence-electron chi connectivity index (χ0n) is 27.6. The van der Waals surface area contributed by atoms with E-state index in [4.69, 9.17) is 23.7 Å². The Balaban J connectivity index is 1.22. The number of carbonyl (C=O) groups is 2. The van der Waals surface area contributed by atoms with E-state index in [9.17, 15) is 45.3 Å². The molecule has 14 heteroatoms. The van der Waals surface area contributed by atoms with Crippen LogP contribution in [0.25, 0.3) is 0 Å². The molecule has 0 spiro atoms. The number of esters is 1. The number of carboxylic acid groups (broad SMARTS) is 1. The summed E-state index contributed by atoms with van der Waals surface area (Å²) in [4.78, 5) is 23.0. The van der Waals surface area contributed by atoms with E-state index in [-0.39, 0.29) is 11.7 Å². The molecule has 0 aromatic rings. The lowest BCUT2D eigenvalue weighted by molar-refractivity contribution is -0.359. The van der Waals surface area contributed by atoms with Crippen molar-refractivity contribution in [1.29, 1.82) is 0 Å². The Labute approximate surface area is 276 Å². The van der Waals surface area contributed by atoms with E-state index in [0.717, 1.165) is 70.6 Å². The average Bonchev–Trinajstić information content (AvgIpc) is 3.32. The lowest BCUT2D eigenvalue weighted by Crippen LogP contribution is -2.64. The first-order chi connectivity index (χ1) is 22.4. The summed E-state index contributed by atoms with van der Waals surface area (Å²) >= 11 is 0. The molecule has 14 nitrogen and oxygen atoms in total. The molecule has 0 amide bonds. The maximum Gasteiger partial charge on any atom is 0.334 e. The van der Waals surface area contributed by atoms with Crippen LogP contribution in [0.4, 0.5) is 0 Å². The molecule has 3 heterocycles. The minimum absolute atomic E-state index is 0.0355. The highest BCUT2D eigenvalue weighted by atomic mass is 16.7. The van der Waals surface area contributed by atoms with Crippen LogP contribution in [0, 0.1) is 5.92 Å². The Hall–Kier alpha value is -1.72. The van der Waals surface area contributed by atoms with Crippen LogP contribution in [-0.2, 0) is 33.3 Å². The molecule has 272 valence electrons. The molecule has 7 N–H and O–H groups in total. The number of unbranched alkanes of at least 4 members (excludes halogenated alkanes) is 10. The first kappa shape index (κ1) is 39.7. The van der Waals surface area contributed by atoms with E-state index >= 15 is 0 Å². The summed E-state index contributed by atoms with van der Waals surface area (Å²) in [7, 11) is 0. The van der Waals surface area contributed by atoms with Gasteiger partial charge in [-0.1, -0.05) is 70.8 Å². The Morgan fingerprint density at radius 3 is 1.91 bits per heavy atom. The summed E-state index contributed by atoms with van der Waals surface area (Å²) in [5.41, 5.74) is 0.0355. The normalized spacial score (nSPS) is 36.8. The minimum atomic E-state index is -1.62. The summed E-state index contributed by atoms with van der Waals surface area (Å²) in [5.74, 6) is -2.59. The number of aliphatic hydroxyl groups is 6. The molecule has 3 aliphatic rings. The third-order valence-electron chi connectivity index (χ3n) is 9.42. The molecule has 0 aromatic heterocycles. The number of carboxylic acids is 1. The third-order valence-corrected chi connectivity index (χ3v) is 9.42. The number of rotatable bonds is 20. The van der Waals surface area contributed by atoms with Crippen molar-refractivity contribution in [2.75, 3.05) is 6.61 Å². The van der Waals surface area contributed by atoms with Crippen LogP contribution < -0.4 is 0 Å². The maximum atomic E-state index is 11.6. The molecule has 0 aliphatic carbocycles. The van der Waals surface area contributed by atoms with Gasteiger partial charge in [-0.3, -0.25) is 4.79 Å². The number of ether oxygens (including phenoxy) is 5. The van der Waals surface area contributed by atoms with Crippen molar-refractivity contribution in [3.05, 3.63) is 12.2 Å². The second-order valence-corrected chi connectivity index (χ2v) is 13.2. The number of aliphatic hydroxyl groups excluding tert-OH is 6.